The van der Waals surface area contributed by atoms with E-state index in [9.17, 15) is 4.79 Å². The number of aromatic nitrogens is 5. The van der Waals surface area contributed by atoms with E-state index >= 15 is 0 Å². The molecule has 182 valence electrons. The molecule has 1 fully saturated rings. The second kappa shape index (κ2) is 9.62. The van der Waals surface area contributed by atoms with E-state index in [1.807, 2.05) is 54.1 Å². The molecule has 1 aliphatic rings. The summed E-state index contributed by atoms with van der Waals surface area (Å²) in [5, 5.41) is 4.65. The summed E-state index contributed by atoms with van der Waals surface area (Å²) >= 11 is 0. The van der Waals surface area contributed by atoms with Gasteiger partial charge in [0.1, 0.15) is 17.1 Å². The van der Waals surface area contributed by atoms with E-state index in [0.29, 0.717) is 35.4 Å². The highest BCUT2D eigenvalue weighted by atomic mass is 16.5. The summed E-state index contributed by atoms with van der Waals surface area (Å²) in [6, 6.07) is 12.0. The number of hydrogen-bond donors (Lipinski definition) is 0. The van der Waals surface area contributed by atoms with Crippen molar-refractivity contribution >= 4 is 11.0 Å². The average Bonchev–Trinajstić information content (AvgIpc) is 3.31. The molecule has 0 bridgehead atoms. The third-order valence-electron chi connectivity index (χ3n) is 6.91. The van der Waals surface area contributed by atoms with E-state index in [-0.39, 0.29) is 5.56 Å². The van der Waals surface area contributed by atoms with Crippen molar-refractivity contribution in [2.45, 2.75) is 46.2 Å². The van der Waals surface area contributed by atoms with Crippen LogP contribution in [-0.2, 0) is 6.54 Å². The molecule has 1 atom stereocenters. The molecule has 1 saturated heterocycles. The summed E-state index contributed by atoms with van der Waals surface area (Å²) in [6.45, 7) is 9.12. The van der Waals surface area contributed by atoms with Crippen molar-refractivity contribution in [3.05, 3.63) is 64.8 Å². The van der Waals surface area contributed by atoms with Gasteiger partial charge in [0.2, 0.25) is 0 Å². The standard InChI is InChI=1S/C27H32N6O2/c1-18(2)31-13-7-8-20(15-31)16-32-26(23-11-6-12-28-19(23)3)29-24-17-33(30-25(24)27(32)34)21-9-5-10-22(14-21)35-4/h5-6,9-12,14,17-18,20H,7-8,13,15-16H2,1-4H3/t20-/m0/s1. The predicted molar refractivity (Wildman–Crippen MR) is 137 cm³/mol. The highest BCUT2D eigenvalue weighted by Gasteiger charge is 2.25. The second-order valence-electron chi connectivity index (χ2n) is 9.59. The highest BCUT2D eigenvalue weighted by Crippen LogP contribution is 2.26. The van der Waals surface area contributed by atoms with Gasteiger partial charge in [-0.2, -0.15) is 5.10 Å². The molecule has 0 unspecified atom stereocenters. The molecule has 0 aliphatic carbocycles. The van der Waals surface area contributed by atoms with E-state index in [0.717, 1.165) is 48.6 Å². The molecule has 1 aromatic carbocycles. The molecule has 0 saturated carbocycles. The van der Waals surface area contributed by atoms with Crippen LogP contribution in [-0.4, -0.2) is 55.5 Å². The molecule has 3 aromatic heterocycles. The Balaban J connectivity index is 1.63. The van der Waals surface area contributed by atoms with Crippen molar-refractivity contribution in [2.75, 3.05) is 20.2 Å². The zero-order valence-corrected chi connectivity index (χ0v) is 20.8. The Morgan fingerprint density at radius 3 is 2.83 bits per heavy atom. The summed E-state index contributed by atoms with van der Waals surface area (Å²) in [5.74, 6) is 1.75. The lowest BCUT2D eigenvalue weighted by Crippen LogP contribution is -2.42. The molecular weight excluding hydrogens is 440 g/mol. The van der Waals surface area contributed by atoms with Gasteiger partial charge in [-0.15, -0.1) is 0 Å². The fourth-order valence-corrected chi connectivity index (χ4v) is 4.95. The van der Waals surface area contributed by atoms with E-state index < -0.39 is 0 Å². The number of ether oxygens (including phenoxy) is 1. The number of pyridine rings is 1. The van der Waals surface area contributed by atoms with Crippen LogP contribution in [0.15, 0.2) is 53.6 Å². The summed E-state index contributed by atoms with van der Waals surface area (Å²) in [5.41, 5.74) is 3.36. The van der Waals surface area contributed by atoms with E-state index in [1.54, 1.807) is 18.0 Å². The van der Waals surface area contributed by atoms with Crippen LogP contribution in [0.25, 0.3) is 28.1 Å². The highest BCUT2D eigenvalue weighted by molar-refractivity contribution is 5.76. The van der Waals surface area contributed by atoms with Gasteiger partial charge in [0.25, 0.3) is 5.56 Å². The molecule has 0 amide bonds. The number of hydrogen-bond acceptors (Lipinski definition) is 6. The lowest BCUT2D eigenvalue weighted by molar-refractivity contribution is 0.130. The van der Waals surface area contributed by atoms with E-state index in [1.165, 1.54) is 0 Å². The lowest BCUT2D eigenvalue weighted by atomic mass is 9.96. The molecule has 5 rings (SSSR count). The quantitative estimate of drug-likeness (QED) is 0.421. The largest absolute Gasteiger partial charge is 0.497 e. The minimum absolute atomic E-state index is 0.114. The number of fused-ring (bicyclic) bond motifs is 1. The first kappa shape index (κ1) is 23.2. The minimum atomic E-state index is -0.114. The number of nitrogens with zero attached hydrogens (tertiary/aromatic N) is 6. The topological polar surface area (TPSA) is 78.1 Å². The maximum Gasteiger partial charge on any atom is 0.282 e. The Kier molecular flexibility index (Phi) is 6.38. The molecule has 8 nitrogen and oxygen atoms in total. The molecule has 0 radical (unpaired) electrons. The maximum absolute atomic E-state index is 13.9. The van der Waals surface area contributed by atoms with Crippen LogP contribution in [0.2, 0.25) is 0 Å². The minimum Gasteiger partial charge on any atom is -0.497 e. The number of rotatable bonds is 6. The van der Waals surface area contributed by atoms with E-state index in [2.05, 4.69) is 28.8 Å². The molecule has 4 aromatic rings. The molecule has 4 heterocycles. The molecule has 0 N–H and O–H groups in total. The van der Waals surface area contributed by atoms with Gasteiger partial charge in [-0.1, -0.05) is 6.07 Å². The van der Waals surface area contributed by atoms with Crippen LogP contribution in [0.4, 0.5) is 0 Å². The Morgan fingerprint density at radius 1 is 1.20 bits per heavy atom. The van der Waals surface area contributed by atoms with Crippen molar-refractivity contribution in [3.63, 3.8) is 0 Å². The fraction of sp³-hybridized carbons (Fsp3) is 0.407. The van der Waals surface area contributed by atoms with Gasteiger partial charge >= 0.3 is 0 Å². The SMILES string of the molecule is COc1cccc(-n2cc3nc(-c4cccnc4C)n(C[C@H]4CCCN(C(C)C)C4)c(=O)c3n2)c1. The van der Waals surface area contributed by atoms with Crippen LogP contribution in [0.1, 0.15) is 32.4 Å². The Bertz CT molecular complexity index is 1410. The Morgan fingerprint density at radius 2 is 2.06 bits per heavy atom. The summed E-state index contributed by atoms with van der Waals surface area (Å²) in [6.07, 6.45) is 5.81. The van der Waals surface area contributed by atoms with Gasteiger partial charge in [-0.25, -0.2) is 9.67 Å². The molecular formula is C27H32N6O2. The molecule has 8 heteroatoms. The Hall–Kier alpha value is -3.52. The number of aryl methyl sites for hydroxylation is 1. The zero-order chi connectivity index (χ0) is 24.5. The number of methoxy groups -OCH3 is 1. The van der Waals surface area contributed by atoms with Crippen LogP contribution < -0.4 is 10.3 Å². The first-order chi connectivity index (χ1) is 16.9. The maximum atomic E-state index is 13.9. The predicted octanol–water partition coefficient (Wildman–Crippen LogP) is 4.08. The van der Waals surface area contributed by atoms with Crippen molar-refractivity contribution in [1.82, 2.24) is 29.2 Å². The first-order valence-electron chi connectivity index (χ1n) is 12.2. The normalized spacial score (nSPS) is 16.8. The van der Waals surface area contributed by atoms with Crippen molar-refractivity contribution in [1.29, 1.82) is 0 Å². The molecule has 1 aliphatic heterocycles. The molecule has 0 spiro atoms. The third-order valence-corrected chi connectivity index (χ3v) is 6.91. The van der Waals surface area contributed by atoms with Gasteiger partial charge in [-0.05, 0) is 70.3 Å². The lowest BCUT2D eigenvalue weighted by Gasteiger charge is -2.35. The monoisotopic (exact) mass is 472 g/mol. The fourth-order valence-electron chi connectivity index (χ4n) is 4.95. The number of likely N-dealkylation sites (tertiary alicyclic amines) is 1. The van der Waals surface area contributed by atoms with Crippen LogP contribution in [0.5, 0.6) is 5.75 Å². The molecule has 35 heavy (non-hydrogen) atoms. The van der Waals surface area contributed by atoms with Crippen molar-refractivity contribution in [3.8, 4) is 22.8 Å². The number of benzene rings is 1. The van der Waals surface area contributed by atoms with Crippen LogP contribution in [0, 0.1) is 12.8 Å². The van der Waals surface area contributed by atoms with Crippen molar-refractivity contribution in [2.24, 2.45) is 5.92 Å². The van der Waals surface area contributed by atoms with Gasteiger partial charge in [0.15, 0.2) is 5.52 Å². The summed E-state index contributed by atoms with van der Waals surface area (Å²) in [4.78, 5) is 25.8. The zero-order valence-electron chi connectivity index (χ0n) is 20.8. The van der Waals surface area contributed by atoms with Gasteiger partial charge in [0, 0.05) is 42.7 Å². The summed E-state index contributed by atoms with van der Waals surface area (Å²) in [7, 11) is 1.63. The second-order valence-corrected chi connectivity index (χ2v) is 9.59. The van der Waals surface area contributed by atoms with Gasteiger partial charge in [-0.3, -0.25) is 14.3 Å². The summed E-state index contributed by atoms with van der Waals surface area (Å²) < 4.78 is 8.88. The number of piperidine rings is 1. The van der Waals surface area contributed by atoms with Crippen molar-refractivity contribution < 1.29 is 4.74 Å². The smallest absolute Gasteiger partial charge is 0.282 e. The van der Waals surface area contributed by atoms with Crippen LogP contribution in [0.3, 0.4) is 0 Å². The first-order valence-corrected chi connectivity index (χ1v) is 12.2. The average molecular weight is 473 g/mol. The van der Waals surface area contributed by atoms with Gasteiger partial charge < -0.3 is 9.64 Å². The Labute approximate surface area is 205 Å². The third kappa shape index (κ3) is 4.58. The van der Waals surface area contributed by atoms with E-state index in [4.69, 9.17) is 9.72 Å². The van der Waals surface area contributed by atoms with Gasteiger partial charge in [0.05, 0.1) is 19.0 Å². The van der Waals surface area contributed by atoms with Crippen LogP contribution >= 0.6 is 0 Å².